The number of carbonyl (C=O) groups is 5. The number of ether oxygens (including phenoxy) is 5. The minimum absolute atomic E-state index is 0.00512. The molecule has 5 unspecified atom stereocenters. The Kier molecular flexibility index (Phi) is 89.4. The van der Waals surface area contributed by atoms with Gasteiger partial charge < -0.3 is 38.4 Å². The summed E-state index contributed by atoms with van der Waals surface area (Å²) >= 11 is 0. The molecule has 1 aliphatic rings. The zero-order valence-corrected chi connectivity index (χ0v) is 85.3. The predicted octanol–water partition coefficient (Wildman–Crippen LogP) is 29.8. The van der Waals surface area contributed by atoms with Crippen molar-refractivity contribution < 1.29 is 47.7 Å². The third kappa shape index (κ3) is 74.3. The molecule has 0 N–H and O–H groups in total. The highest BCUT2D eigenvalue weighted by Crippen LogP contribution is 2.28. The van der Waals surface area contributed by atoms with Gasteiger partial charge in [-0.05, 0) is 161 Å². The van der Waals surface area contributed by atoms with Crippen LogP contribution in [0.15, 0.2) is 0 Å². The molecule has 0 aliphatic carbocycles. The second-order valence-electron chi connectivity index (χ2n) is 39.1. The summed E-state index contributed by atoms with van der Waals surface area (Å²) in [6, 6.07) is 0. The zero-order valence-electron chi connectivity index (χ0n) is 85.3. The highest BCUT2D eigenvalue weighted by Gasteiger charge is 2.27. The average molecular weight is 1770 g/mol. The predicted molar refractivity (Wildman–Crippen MR) is 534 cm³/mol. The number of rotatable bonds is 99. The highest BCUT2D eigenvalue weighted by molar-refractivity contribution is 5.74. The Morgan fingerprint density at radius 3 is 0.504 bits per heavy atom. The van der Waals surface area contributed by atoms with E-state index < -0.39 is 0 Å². The number of carbonyl (C=O) groups excluding carboxylic acids is 5. The molecule has 5 atom stereocenters. The van der Waals surface area contributed by atoms with Gasteiger partial charge in [0.15, 0.2) is 0 Å². The van der Waals surface area contributed by atoms with Crippen molar-refractivity contribution in [2.45, 2.75) is 519 Å². The molecule has 0 bridgehead atoms. The second-order valence-corrected chi connectivity index (χ2v) is 39.1. The first-order valence-corrected chi connectivity index (χ1v) is 55.8. The molecule has 740 valence electrons. The van der Waals surface area contributed by atoms with Crippen molar-refractivity contribution in [3.8, 4) is 0 Å². The molecule has 1 heterocycles. The van der Waals surface area contributed by atoms with Gasteiger partial charge in [-0.1, -0.05) is 390 Å². The molecule has 0 aromatic rings. The SMILES string of the molecule is CCCCCCCCC(CCCCCC)C(=O)OCCCCN(CCCCOC(=O)C(CCCCCC)CCCCCCCC)CCN(CCCCOC(=O)C(CCCCCC)CCCCCCCC)CCN1CCN(CCN(CCCCOC(=O)C(CCCCCC)CCCCCCCC)CCCCOC(=O)C(CCCCCC)CCCCCCCC)CC1. The maximum Gasteiger partial charge on any atom is 0.308 e. The first-order valence-electron chi connectivity index (χ1n) is 55.8. The smallest absolute Gasteiger partial charge is 0.308 e. The Morgan fingerprint density at radius 2 is 0.328 bits per heavy atom. The van der Waals surface area contributed by atoms with E-state index in [9.17, 15) is 24.0 Å². The Morgan fingerprint density at radius 1 is 0.184 bits per heavy atom. The van der Waals surface area contributed by atoms with Crippen LogP contribution in [0.2, 0.25) is 0 Å². The molecule has 125 heavy (non-hydrogen) atoms. The van der Waals surface area contributed by atoms with Crippen molar-refractivity contribution in [1.29, 1.82) is 0 Å². The van der Waals surface area contributed by atoms with Crippen molar-refractivity contribution in [3.05, 3.63) is 0 Å². The molecule has 1 saturated heterocycles. The summed E-state index contributed by atoms with van der Waals surface area (Å²) in [5, 5.41) is 0. The minimum atomic E-state index is 0.00512. The van der Waals surface area contributed by atoms with Gasteiger partial charge in [-0.2, -0.15) is 0 Å². The van der Waals surface area contributed by atoms with Crippen LogP contribution < -0.4 is 0 Å². The van der Waals surface area contributed by atoms with Crippen LogP contribution in [0.4, 0.5) is 0 Å². The van der Waals surface area contributed by atoms with E-state index in [-0.39, 0.29) is 59.4 Å². The summed E-state index contributed by atoms with van der Waals surface area (Å²) < 4.78 is 30.9. The summed E-state index contributed by atoms with van der Waals surface area (Å²) in [6.07, 6.45) is 79.2. The first-order chi connectivity index (χ1) is 61.4. The fourth-order valence-corrected chi connectivity index (χ4v) is 18.6. The van der Waals surface area contributed by atoms with E-state index in [0.717, 1.165) is 291 Å². The summed E-state index contributed by atoms with van der Waals surface area (Å²) in [5.74, 6) is 0.189. The molecule has 0 radical (unpaired) electrons. The molecule has 15 nitrogen and oxygen atoms in total. The molecular formula is C110H215N5O10. The molecular weight excluding hydrogens is 1550 g/mol. The summed E-state index contributed by atoms with van der Waals surface area (Å²) in [5.41, 5.74) is 0. The number of piperazine rings is 1. The van der Waals surface area contributed by atoms with Crippen LogP contribution >= 0.6 is 0 Å². The maximum absolute atomic E-state index is 13.9. The van der Waals surface area contributed by atoms with Crippen molar-refractivity contribution in [3.63, 3.8) is 0 Å². The van der Waals surface area contributed by atoms with Crippen LogP contribution in [0.25, 0.3) is 0 Å². The van der Waals surface area contributed by atoms with Gasteiger partial charge in [0.05, 0.1) is 62.6 Å². The Labute approximate surface area is 777 Å². The van der Waals surface area contributed by atoms with E-state index in [1.54, 1.807) is 0 Å². The van der Waals surface area contributed by atoms with Gasteiger partial charge in [0.25, 0.3) is 0 Å². The van der Waals surface area contributed by atoms with Crippen molar-refractivity contribution in [2.75, 3.05) is 131 Å². The second kappa shape index (κ2) is 93.0. The lowest BCUT2D eigenvalue weighted by atomic mass is 9.94. The lowest BCUT2D eigenvalue weighted by Gasteiger charge is -2.37. The molecule has 1 fully saturated rings. The lowest BCUT2D eigenvalue weighted by Crippen LogP contribution is -2.50. The van der Waals surface area contributed by atoms with Gasteiger partial charge in [0.2, 0.25) is 0 Å². The molecule has 0 spiro atoms. The summed E-state index contributed by atoms with van der Waals surface area (Å²) in [4.78, 5) is 82.4. The van der Waals surface area contributed by atoms with E-state index in [1.165, 1.54) is 257 Å². The van der Waals surface area contributed by atoms with Gasteiger partial charge in [0, 0.05) is 65.4 Å². The van der Waals surface area contributed by atoms with Crippen LogP contribution in [0.3, 0.4) is 0 Å². The van der Waals surface area contributed by atoms with E-state index >= 15 is 0 Å². The van der Waals surface area contributed by atoms with E-state index in [4.69, 9.17) is 23.7 Å². The standard InChI is InChI=1S/C110H215N5O10/c1-11-21-31-41-46-56-76-101(71-51-36-26-16-6)106(116)121-96-66-61-81-111(82-62-67-97-122-107(117)102(72-52-37-27-17-7)77-57-47-42-32-22-12-2)86-88-113(85-65-70-100-125-110(120)105(75-55-40-30-20-10)80-60-50-45-35-25-15-5)89-91-115-94-92-114(93-95-115)90-87-112(83-63-68-98-123-108(118)103(73-53-38-28-18-8)78-58-48-43-33-23-13-3)84-64-69-99-124-109(119)104(74-54-39-29-19-9)79-59-49-44-34-24-14-4/h101-105H,11-100H2,1-10H3. The van der Waals surface area contributed by atoms with E-state index in [1.807, 2.05) is 0 Å². The number of nitrogens with zero attached hydrogens (tertiary/aromatic N) is 5. The minimum Gasteiger partial charge on any atom is -0.465 e. The number of hydrogen-bond donors (Lipinski definition) is 0. The molecule has 15 heteroatoms. The van der Waals surface area contributed by atoms with Crippen LogP contribution in [0, 0.1) is 29.6 Å². The fourth-order valence-electron chi connectivity index (χ4n) is 18.6. The molecule has 0 saturated carbocycles. The molecule has 0 aromatic heterocycles. The average Bonchev–Trinajstić information content (AvgIpc) is 0.897. The first kappa shape index (κ1) is 120. The van der Waals surface area contributed by atoms with Crippen LogP contribution in [0.1, 0.15) is 519 Å². The molecule has 0 amide bonds. The number of esters is 5. The molecule has 0 aromatic carbocycles. The maximum atomic E-state index is 13.9. The monoisotopic (exact) mass is 1770 g/mol. The van der Waals surface area contributed by atoms with Gasteiger partial charge in [-0.3, -0.25) is 33.8 Å². The number of hydrogen-bond acceptors (Lipinski definition) is 15. The third-order valence-corrected chi connectivity index (χ3v) is 27.5. The van der Waals surface area contributed by atoms with Gasteiger partial charge >= 0.3 is 29.8 Å². The Hall–Kier alpha value is -2.85. The largest absolute Gasteiger partial charge is 0.465 e. The van der Waals surface area contributed by atoms with Crippen LogP contribution in [0.5, 0.6) is 0 Å². The Bertz CT molecular complexity index is 2200. The van der Waals surface area contributed by atoms with Crippen LogP contribution in [-0.4, -0.2) is 186 Å². The third-order valence-electron chi connectivity index (χ3n) is 27.5. The quantitative estimate of drug-likeness (QED) is 0.0323. The fraction of sp³-hybridized carbons (Fsp3) is 0.955. The van der Waals surface area contributed by atoms with E-state index in [2.05, 4.69) is 93.7 Å². The molecule has 1 rings (SSSR count). The van der Waals surface area contributed by atoms with Crippen LogP contribution in [-0.2, 0) is 47.7 Å². The van der Waals surface area contributed by atoms with Gasteiger partial charge in [0.1, 0.15) is 0 Å². The van der Waals surface area contributed by atoms with E-state index in [0.29, 0.717) is 33.0 Å². The normalized spacial score (nSPS) is 14.1. The van der Waals surface area contributed by atoms with Crippen molar-refractivity contribution in [2.24, 2.45) is 29.6 Å². The van der Waals surface area contributed by atoms with Gasteiger partial charge in [-0.25, -0.2) is 0 Å². The lowest BCUT2D eigenvalue weighted by molar-refractivity contribution is -0.150. The highest BCUT2D eigenvalue weighted by atomic mass is 16.5. The zero-order chi connectivity index (χ0) is 90.8. The number of unbranched alkanes of at least 4 members (excludes halogenated alkanes) is 45. The topological polar surface area (TPSA) is 148 Å². The Balaban J connectivity index is 3.49. The van der Waals surface area contributed by atoms with Crippen molar-refractivity contribution >= 4 is 29.8 Å². The van der Waals surface area contributed by atoms with Gasteiger partial charge in [-0.15, -0.1) is 0 Å². The summed E-state index contributed by atoms with van der Waals surface area (Å²) in [6.45, 7) is 39.8. The summed E-state index contributed by atoms with van der Waals surface area (Å²) in [7, 11) is 0. The van der Waals surface area contributed by atoms with Crippen molar-refractivity contribution in [1.82, 2.24) is 24.5 Å². The molecule has 1 aliphatic heterocycles.